The van der Waals surface area contributed by atoms with Crippen molar-refractivity contribution in [3.05, 3.63) is 65.7 Å². The largest absolute Gasteiger partial charge is 0.465 e. The van der Waals surface area contributed by atoms with Crippen LogP contribution in [0.25, 0.3) is 0 Å². The number of nitrogens with one attached hydrogen (secondary N) is 1. The van der Waals surface area contributed by atoms with Gasteiger partial charge in [-0.05, 0) is 31.2 Å². The molecule has 0 aliphatic rings. The number of benzene rings is 2. The molecule has 6 nitrogen and oxygen atoms in total. The maximum atomic E-state index is 12.2. The third-order valence-corrected chi connectivity index (χ3v) is 3.25. The Hall–Kier alpha value is -3.15. The van der Waals surface area contributed by atoms with E-state index in [1.165, 1.54) is 26.2 Å². The van der Waals surface area contributed by atoms with Crippen LogP contribution in [-0.4, -0.2) is 31.1 Å². The summed E-state index contributed by atoms with van der Waals surface area (Å²) in [5.41, 5.74) is 0.727. The smallest absolute Gasteiger partial charge is 0.339 e. The second-order valence-corrected chi connectivity index (χ2v) is 4.94. The fraction of sp³-hybridized carbons (Fsp3) is 0.167. The molecule has 0 aliphatic carbocycles. The second-order valence-electron chi connectivity index (χ2n) is 4.94. The molecule has 0 saturated carbocycles. The van der Waals surface area contributed by atoms with E-state index in [2.05, 4.69) is 10.1 Å². The van der Waals surface area contributed by atoms with Gasteiger partial charge >= 0.3 is 11.9 Å². The first-order chi connectivity index (χ1) is 11.5. The van der Waals surface area contributed by atoms with Crippen molar-refractivity contribution in [2.45, 2.75) is 13.0 Å². The number of hydrogen-bond acceptors (Lipinski definition) is 5. The maximum Gasteiger partial charge on any atom is 0.339 e. The van der Waals surface area contributed by atoms with Gasteiger partial charge in [-0.3, -0.25) is 4.79 Å². The summed E-state index contributed by atoms with van der Waals surface area (Å²) in [5, 5.41) is 2.64. The molecule has 24 heavy (non-hydrogen) atoms. The van der Waals surface area contributed by atoms with Crippen LogP contribution in [0.5, 0.6) is 0 Å². The first kappa shape index (κ1) is 17.2. The van der Waals surface area contributed by atoms with E-state index >= 15 is 0 Å². The number of anilines is 1. The average Bonchev–Trinajstić information content (AvgIpc) is 2.61. The Balaban J connectivity index is 2.06. The zero-order chi connectivity index (χ0) is 17.5. The predicted molar refractivity (Wildman–Crippen MR) is 87.7 cm³/mol. The zero-order valence-corrected chi connectivity index (χ0v) is 13.3. The van der Waals surface area contributed by atoms with E-state index in [4.69, 9.17) is 4.74 Å². The highest BCUT2D eigenvalue weighted by molar-refractivity contribution is 6.04. The van der Waals surface area contributed by atoms with Crippen LogP contribution < -0.4 is 5.32 Å². The number of ether oxygens (including phenoxy) is 2. The number of amides is 1. The van der Waals surface area contributed by atoms with Crippen molar-refractivity contribution in [3.63, 3.8) is 0 Å². The molecule has 0 heterocycles. The molecular weight excluding hydrogens is 310 g/mol. The Morgan fingerprint density at radius 2 is 1.42 bits per heavy atom. The standard InChI is InChI=1S/C18H17NO5/c1-12(16(20)19-13-8-4-3-5-9-13)24-18(22)15-11-7-6-10-14(15)17(21)23-2/h3-12H,1-2H3,(H,19,20). The van der Waals surface area contributed by atoms with Crippen molar-refractivity contribution in [1.82, 2.24) is 0 Å². The zero-order valence-electron chi connectivity index (χ0n) is 13.3. The van der Waals surface area contributed by atoms with E-state index in [-0.39, 0.29) is 11.1 Å². The third kappa shape index (κ3) is 4.19. The highest BCUT2D eigenvalue weighted by Gasteiger charge is 2.23. The lowest BCUT2D eigenvalue weighted by atomic mass is 10.1. The van der Waals surface area contributed by atoms with Crippen LogP contribution in [0.1, 0.15) is 27.6 Å². The molecule has 1 atom stereocenters. The molecule has 1 unspecified atom stereocenters. The first-order valence-corrected chi connectivity index (χ1v) is 7.27. The second kappa shape index (κ2) is 7.92. The molecule has 0 radical (unpaired) electrons. The quantitative estimate of drug-likeness (QED) is 0.854. The summed E-state index contributed by atoms with van der Waals surface area (Å²) in [7, 11) is 1.22. The Bertz CT molecular complexity index is 742. The fourth-order valence-electron chi connectivity index (χ4n) is 1.99. The predicted octanol–water partition coefficient (Wildman–Crippen LogP) is 2.66. The van der Waals surface area contributed by atoms with Gasteiger partial charge in [-0.15, -0.1) is 0 Å². The topological polar surface area (TPSA) is 81.7 Å². The van der Waals surface area contributed by atoms with E-state index < -0.39 is 23.9 Å². The lowest BCUT2D eigenvalue weighted by Gasteiger charge is -2.14. The molecule has 2 aromatic carbocycles. The van der Waals surface area contributed by atoms with Crippen LogP contribution in [0.2, 0.25) is 0 Å². The maximum absolute atomic E-state index is 12.2. The summed E-state index contributed by atoms with van der Waals surface area (Å²) in [6.45, 7) is 1.46. The van der Waals surface area contributed by atoms with Gasteiger partial charge in [0.2, 0.25) is 0 Å². The molecule has 2 aromatic rings. The van der Waals surface area contributed by atoms with Crippen LogP contribution in [0, 0.1) is 0 Å². The number of esters is 2. The van der Waals surface area contributed by atoms with Gasteiger partial charge in [0.1, 0.15) is 0 Å². The minimum absolute atomic E-state index is 0.0451. The third-order valence-electron chi connectivity index (χ3n) is 3.25. The molecule has 1 N–H and O–H groups in total. The highest BCUT2D eigenvalue weighted by Crippen LogP contribution is 2.13. The molecule has 0 aromatic heterocycles. The Morgan fingerprint density at radius 1 is 0.875 bits per heavy atom. The van der Waals surface area contributed by atoms with Gasteiger partial charge in [0.25, 0.3) is 5.91 Å². The van der Waals surface area contributed by atoms with Gasteiger partial charge in [-0.2, -0.15) is 0 Å². The fourth-order valence-corrected chi connectivity index (χ4v) is 1.99. The summed E-state index contributed by atoms with van der Waals surface area (Å²) >= 11 is 0. The van der Waals surface area contributed by atoms with Crippen molar-refractivity contribution in [1.29, 1.82) is 0 Å². The molecule has 6 heteroatoms. The average molecular weight is 327 g/mol. The number of carbonyl (C=O) groups excluding carboxylic acids is 3. The van der Waals surface area contributed by atoms with E-state index in [1.54, 1.807) is 36.4 Å². The van der Waals surface area contributed by atoms with Crippen molar-refractivity contribution in [2.75, 3.05) is 12.4 Å². The van der Waals surface area contributed by atoms with Gasteiger partial charge in [-0.25, -0.2) is 9.59 Å². The van der Waals surface area contributed by atoms with E-state index in [0.717, 1.165) is 0 Å². The van der Waals surface area contributed by atoms with Gasteiger partial charge in [0.15, 0.2) is 6.10 Å². The molecule has 0 aliphatic heterocycles. The van der Waals surface area contributed by atoms with Crippen LogP contribution in [-0.2, 0) is 14.3 Å². The molecule has 0 bridgehead atoms. The SMILES string of the molecule is COC(=O)c1ccccc1C(=O)OC(C)C(=O)Nc1ccccc1. The monoisotopic (exact) mass is 327 g/mol. The summed E-state index contributed by atoms with van der Waals surface area (Å²) in [4.78, 5) is 36.0. The van der Waals surface area contributed by atoms with E-state index in [9.17, 15) is 14.4 Å². The summed E-state index contributed by atoms with van der Waals surface area (Å²) in [6, 6.07) is 14.9. The first-order valence-electron chi connectivity index (χ1n) is 7.27. The number of carbonyl (C=O) groups is 3. The molecule has 0 saturated heterocycles. The van der Waals surface area contributed by atoms with Crippen molar-refractivity contribution in [3.8, 4) is 0 Å². The molecule has 0 fully saturated rings. The van der Waals surface area contributed by atoms with Gasteiger partial charge < -0.3 is 14.8 Å². The Labute approximate surface area is 139 Å². The summed E-state index contributed by atoms with van der Waals surface area (Å²) in [6.07, 6.45) is -1.02. The molecule has 2 rings (SSSR count). The number of hydrogen-bond donors (Lipinski definition) is 1. The highest BCUT2D eigenvalue weighted by atomic mass is 16.5. The van der Waals surface area contributed by atoms with Crippen LogP contribution in [0.4, 0.5) is 5.69 Å². The van der Waals surface area contributed by atoms with Crippen molar-refractivity contribution >= 4 is 23.5 Å². The Kier molecular flexibility index (Phi) is 5.68. The van der Waals surface area contributed by atoms with Gasteiger partial charge in [-0.1, -0.05) is 30.3 Å². The molecule has 1 amide bonds. The normalized spacial score (nSPS) is 11.2. The van der Waals surface area contributed by atoms with Crippen molar-refractivity contribution < 1.29 is 23.9 Å². The lowest BCUT2D eigenvalue weighted by molar-refractivity contribution is -0.123. The van der Waals surface area contributed by atoms with Crippen LogP contribution in [0.15, 0.2) is 54.6 Å². The van der Waals surface area contributed by atoms with Crippen LogP contribution >= 0.6 is 0 Å². The minimum atomic E-state index is -1.02. The van der Waals surface area contributed by atoms with Gasteiger partial charge in [0.05, 0.1) is 18.2 Å². The van der Waals surface area contributed by atoms with E-state index in [0.29, 0.717) is 5.69 Å². The molecule has 124 valence electrons. The van der Waals surface area contributed by atoms with Crippen molar-refractivity contribution in [2.24, 2.45) is 0 Å². The summed E-state index contributed by atoms with van der Waals surface area (Å²) < 4.78 is 9.78. The minimum Gasteiger partial charge on any atom is -0.465 e. The number of para-hydroxylation sites is 1. The molecule has 0 spiro atoms. The molecular formula is C18H17NO5. The summed E-state index contributed by atoms with van der Waals surface area (Å²) in [5.74, 6) is -1.89. The van der Waals surface area contributed by atoms with Crippen LogP contribution in [0.3, 0.4) is 0 Å². The van der Waals surface area contributed by atoms with Gasteiger partial charge in [0, 0.05) is 5.69 Å². The van der Waals surface area contributed by atoms with E-state index in [1.807, 2.05) is 6.07 Å². The lowest BCUT2D eigenvalue weighted by Crippen LogP contribution is -2.30. The number of rotatable bonds is 5. The number of methoxy groups -OCH3 is 1. The Morgan fingerprint density at radius 3 is 2.00 bits per heavy atom.